The van der Waals surface area contributed by atoms with E-state index in [0.29, 0.717) is 11.7 Å². The van der Waals surface area contributed by atoms with Crippen molar-refractivity contribution < 1.29 is 25.9 Å². The van der Waals surface area contributed by atoms with Gasteiger partial charge in [0.05, 0.1) is 6.61 Å². The van der Waals surface area contributed by atoms with E-state index >= 15 is 4.39 Å². The topological polar surface area (TPSA) is 9.23 Å². The predicted octanol–water partition coefficient (Wildman–Crippen LogP) is 2.86. The molecule has 0 N–H and O–H groups in total. The molecule has 0 aliphatic rings. The van der Waals surface area contributed by atoms with Crippen molar-refractivity contribution in [3.8, 4) is 5.75 Å². The third kappa shape index (κ3) is 4.55. The van der Waals surface area contributed by atoms with Crippen molar-refractivity contribution in [2.75, 3.05) is 6.61 Å². The maximum atomic E-state index is 15.2. The number of benzene rings is 4. The van der Waals surface area contributed by atoms with Gasteiger partial charge >= 0.3 is 0 Å². The molecular weight excluding hydrogens is 445 g/mol. The molecule has 0 bridgehead atoms. The van der Waals surface area contributed by atoms with Gasteiger partial charge in [0.15, 0.2) is 11.6 Å². The minimum Gasteiger partial charge on any atom is -1.00 e. The first-order chi connectivity index (χ1) is 15.2. The highest BCUT2D eigenvalue weighted by molar-refractivity contribution is 7.95. The van der Waals surface area contributed by atoms with E-state index < -0.39 is 18.9 Å². The summed E-state index contributed by atoms with van der Waals surface area (Å²) in [6.45, 7) is 2.03. The van der Waals surface area contributed by atoms with E-state index in [1.54, 1.807) is 13.0 Å². The van der Waals surface area contributed by atoms with E-state index in [1.165, 1.54) is 6.07 Å². The van der Waals surface area contributed by atoms with Crippen LogP contribution in [0.25, 0.3) is 0 Å². The highest BCUT2D eigenvalue weighted by Gasteiger charge is 2.46. The van der Waals surface area contributed by atoms with Gasteiger partial charge in [0.1, 0.15) is 29.3 Å². The first-order valence-electron chi connectivity index (χ1n) is 10.3. The maximum absolute atomic E-state index is 15.2. The van der Waals surface area contributed by atoms with Crippen LogP contribution < -0.4 is 33.1 Å². The van der Waals surface area contributed by atoms with E-state index in [1.807, 2.05) is 54.6 Å². The molecule has 0 spiro atoms. The molecule has 0 saturated carbocycles. The SMILES string of the molecule is CCOc1ccc(C[P+](c2ccccc2)(c2ccccc2)c2ccccc2)c(F)c1F.[Cl-]. The van der Waals surface area contributed by atoms with Crippen LogP contribution in [0, 0.1) is 11.6 Å². The van der Waals surface area contributed by atoms with Gasteiger partial charge in [0.2, 0.25) is 5.82 Å². The van der Waals surface area contributed by atoms with Gasteiger partial charge in [-0.1, -0.05) is 54.6 Å². The molecule has 0 aliphatic carbocycles. The Bertz CT molecular complexity index is 1040. The largest absolute Gasteiger partial charge is 1.00 e. The molecule has 0 radical (unpaired) electrons. The molecular formula is C27H24ClF2OP. The lowest BCUT2D eigenvalue weighted by Crippen LogP contribution is -3.00. The van der Waals surface area contributed by atoms with Gasteiger partial charge in [-0.15, -0.1) is 0 Å². The summed E-state index contributed by atoms with van der Waals surface area (Å²) in [5.41, 5.74) is 0.353. The van der Waals surface area contributed by atoms with Gasteiger partial charge in [0, 0.05) is 5.56 Å². The third-order valence-corrected chi connectivity index (χ3v) is 9.78. The van der Waals surface area contributed by atoms with E-state index in [2.05, 4.69) is 36.4 Å². The molecule has 0 saturated heterocycles. The van der Waals surface area contributed by atoms with E-state index in [0.717, 1.165) is 15.9 Å². The lowest BCUT2D eigenvalue weighted by molar-refractivity contribution is -0.00000756. The molecule has 1 nitrogen and oxygen atoms in total. The van der Waals surface area contributed by atoms with Crippen molar-refractivity contribution in [2.45, 2.75) is 13.1 Å². The Morgan fingerprint density at radius 3 is 1.47 bits per heavy atom. The minimum absolute atomic E-state index is 0. The zero-order chi connectivity index (χ0) is 21.7. The van der Waals surface area contributed by atoms with Gasteiger partial charge in [-0.05, 0) is 55.5 Å². The van der Waals surface area contributed by atoms with Gasteiger partial charge < -0.3 is 17.1 Å². The zero-order valence-electron chi connectivity index (χ0n) is 17.7. The molecule has 0 aliphatic heterocycles. The summed E-state index contributed by atoms with van der Waals surface area (Å²) in [5.74, 6) is -1.81. The van der Waals surface area contributed by atoms with Crippen LogP contribution in [0.4, 0.5) is 8.78 Å². The second-order valence-corrected chi connectivity index (χ2v) is 10.7. The molecule has 0 atom stereocenters. The van der Waals surface area contributed by atoms with Gasteiger partial charge in [-0.3, -0.25) is 0 Å². The summed E-state index contributed by atoms with van der Waals surface area (Å²) < 4.78 is 35.2. The minimum atomic E-state index is -2.30. The fourth-order valence-corrected chi connectivity index (χ4v) is 8.23. The summed E-state index contributed by atoms with van der Waals surface area (Å²) in [6.07, 6.45) is 0.375. The van der Waals surface area contributed by atoms with E-state index in [4.69, 9.17) is 4.74 Å². The monoisotopic (exact) mass is 468 g/mol. The number of hydrogen-bond donors (Lipinski definition) is 0. The molecule has 0 aromatic heterocycles. The van der Waals surface area contributed by atoms with Crippen LogP contribution in [-0.4, -0.2) is 6.61 Å². The van der Waals surface area contributed by atoms with E-state index in [-0.39, 0.29) is 24.8 Å². The third-order valence-electron chi connectivity index (χ3n) is 5.43. The van der Waals surface area contributed by atoms with Crippen molar-refractivity contribution >= 4 is 23.2 Å². The highest BCUT2D eigenvalue weighted by atomic mass is 35.5. The normalized spacial score (nSPS) is 11.0. The standard InChI is InChI=1S/C27H24F2OP.ClH/c1-2-30-25-19-18-21(26(28)27(25)29)20-31(22-12-6-3-7-13-22,23-14-8-4-9-15-23)24-16-10-5-11-17-24;/h3-19H,2,20H2,1H3;1H/q+1;/p-1. The number of halogens is 3. The lowest BCUT2D eigenvalue weighted by Gasteiger charge is -2.28. The molecule has 32 heavy (non-hydrogen) atoms. The fraction of sp³-hybridized carbons (Fsp3) is 0.111. The second kappa shape index (κ2) is 10.7. The quantitative estimate of drug-likeness (QED) is 0.379. The van der Waals surface area contributed by atoms with Crippen LogP contribution in [-0.2, 0) is 6.16 Å². The van der Waals surface area contributed by atoms with Crippen molar-refractivity contribution in [1.82, 2.24) is 0 Å². The van der Waals surface area contributed by atoms with Crippen molar-refractivity contribution in [2.24, 2.45) is 0 Å². The Kier molecular flexibility index (Phi) is 8.01. The Balaban J connectivity index is 0.00000289. The Morgan fingerprint density at radius 2 is 1.06 bits per heavy atom. The van der Waals surface area contributed by atoms with Gasteiger partial charge in [-0.2, -0.15) is 4.39 Å². The van der Waals surface area contributed by atoms with Crippen molar-refractivity contribution in [3.05, 3.63) is 120 Å². The summed E-state index contributed by atoms with van der Waals surface area (Å²) in [7, 11) is -2.30. The molecule has 0 heterocycles. The Hall–Kier alpha value is -2.74. The number of hydrogen-bond acceptors (Lipinski definition) is 1. The predicted molar refractivity (Wildman–Crippen MR) is 126 cm³/mol. The summed E-state index contributed by atoms with van der Waals surface area (Å²) in [5, 5.41) is 3.38. The average Bonchev–Trinajstić information content (AvgIpc) is 2.83. The molecule has 164 valence electrons. The second-order valence-electron chi connectivity index (χ2n) is 7.26. The van der Waals surface area contributed by atoms with Crippen molar-refractivity contribution in [1.29, 1.82) is 0 Å². The average molecular weight is 469 g/mol. The zero-order valence-corrected chi connectivity index (χ0v) is 19.4. The number of ether oxygens (including phenoxy) is 1. The molecule has 0 fully saturated rings. The first kappa shape index (κ1) is 23.9. The molecule has 4 aromatic carbocycles. The van der Waals surface area contributed by atoms with Crippen LogP contribution in [0.3, 0.4) is 0 Å². The Morgan fingerprint density at radius 1 is 0.625 bits per heavy atom. The van der Waals surface area contributed by atoms with Gasteiger partial charge in [0.25, 0.3) is 0 Å². The highest BCUT2D eigenvalue weighted by Crippen LogP contribution is 2.58. The molecule has 0 unspecified atom stereocenters. The Labute approximate surface area is 194 Å². The summed E-state index contributed by atoms with van der Waals surface area (Å²) in [6, 6.07) is 33.7. The number of rotatable bonds is 7. The van der Waals surface area contributed by atoms with Crippen LogP contribution >= 0.6 is 7.26 Å². The lowest BCUT2D eigenvalue weighted by atomic mass is 10.2. The fourth-order valence-electron chi connectivity index (χ4n) is 3.98. The summed E-state index contributed by atoms with van der Waals surface area (Å²) in [4.78, 5) is 0. The van der Waals surface area contributed by atoms with E-state index in [9.17, 15) is 4.39 Å². The van der Waals surface area contributed by atoms with Crippen LogP contribution in [0.1, 0.15) is 12.5 Å². The van der Waals surface area contributed by atoms with Crippen LogP contribution in [0.15, 0.2) is 103 Å². The first-order valence-corrected chi connectivity index (χ1v) is 12.3. The van der Waals surface area contributed by atoms with Gasteiger partial charge in [-0.25, -0.2) is 4.39 Å². The smallest absolute Gasteiger partial charge is 0.201 e. The summed E-state index contributed by atoms with van der Waals surface area (Å²) >= 11 is 0. The maximum Gasteiger partial charge on any atom is 0.201 e. The molecule has 4 aromatic rings. The molecule has 4 rings (SSSR count). The van der Waals surface area contributed by atoms with Crippen LogP contribution in [0.2, 0.25) is 0 Å². The van der Waals surface area contributed by atoms with Crippen molar-refractivity contribution in [3.63, 3.8) is 0 Å². The molecule has 0 amide bonds. The van der Waals surface area contributed by atoms with Crippen LogP contribution in [0.5, 0.6) is 5.75 Å². The molecule has 5 heteroatoms.